The lowest BCUT2D eigenvalue weighted by molar-refractivity contribution is 0.576. The summed E-state index contributed by atoms with van der Waals surface area (Å²) >= 11 is 1.60. The zero-order valence-corrected chi connectivity index (χ0v) is 13.2. The van der Waals surface area contributed by atoms with E-state index in [1.165, 1.54) is 0 Å². The highest BCUT2D eigenvalue weighted by Crippen LogP contribution is 2.15. The summed E-state index contributed by atoms with van der Waals surface area (Å²) < 4.78 is 26.8. The Morgan fingerprint density at radius 1 is 1.37 bits per heavy atom. The topological polar surface area (TPSA) is 86.9 Å². The molecule has 3 N–H and O–H groups in total. The van der Waals surface area contributed by atoms with Gasteiger partial charge in [-0.05, 0) is 26.1 Å². The molecule has 0 unspecified atom stereocenters. The Morgan fingerprint density at radius 2 is 2.11 bits per heavy atom. The summed E-state index contributed by atoms with van der Waals surface area (Å²) in [7, 11) is -3.53. The summed E-state index contributed by atoms with van der Waals surface area (Å²) in [6.45, 7) is 5.67. The summed E-state index contributed by atoms with van der Waals surface area (Å²) in [6, 6.07) is 0. The number of hydrogen-bond acceptors (Lipinski definition) is 5. The van der Waals surface area contributed by atoms with Crippen LogP contribution in [0.5, 0.6) is 0 Å². The normalized spacial score (nSPS) is 11.9. The highest BCUT2D eigenvalue weighted by molar-refractivity contribution is 7.98. The summed E-state index contributed by atoms with van der Waals surface area (Å²) in [4.78, 5) is 0. The highest BCUT2D eigenvalue weighted by atomic mass is 32.2. The molecule has 0 bridgehead atoms. The van der Waals surface area contributed by atoms with E-state index >= 15 is 0 Å². The van der Waals surface area contributed by atoms with Gasteiger partial charge in [0.05, 0.1) is 0 Å². The molecule has 0 aliphatic rings. The van der Waals surface area contributed by atoms with Gasteiger partial charge in [-0.2, -0.15) is 16.9 Å². The molecule has 0 aliphatic carbocycles. The average molecular weight is 306 g/mol. The molecule has 1 heterocycles. The van der Waals surface area contributed by atoms with E-state index in [0.29, 0.717) is 18.7 Å². The minimum atomic E-state index is -3.53. The predicted molar refractivity (Wildman–Crippen MR) is 78.9 cm³/mol. The highest BCUT2D eigenvalue weighted by Gasteiger charge is 2.22. The van der Waals surface area contributed by atoms with Crippen molar-refractivity contribution in [2.24, 2.45) is 0 Å². The van der Waals surface area contributed by atoms with Crippen LogP contribution in [-0.2, 0) is 16.6 Å². The Balaban J connectivity index is 2.81. The van der Waals surface area contributed by atoms with Gasteiger partial charge >= 0.3 is 0 Å². The van der Waals surface area contributed by atoms with E-state index in [1.807, 2.05) is 13.2 Å². The number of aromatic nitrogens is 2. The third-order valence-corrected chi connectivity index (χ3v) is 4.66. The molecule has 19 heavy (non-hydrogen) atoms. The number of H-pyrrole nitrogens is 1. The zero-order valence-electron chi connectivity index (χ0n) is 11.6. The van der Waals surface area contributed by atoms with E-state index in [0.717, 1.165) is 24.4 Å². The molecule has 8 heteroatoms. The van der Waals surface area contributed by atoms with Gasteiger partial charge in [0.15, 0.2) is 5.03 Å². The Hall–Kier alpha value is -0.570. The monoisotopic (exact) mass is 306 g/mol. The summed E-state index contributed by atoms with van der Waals surface area (Å²) in [6.07, 6.45) is 2.94. The first-order chi connectivity index (χ1) is 9.03. The zero-order chi connectivity index (χ0) is 14.3. The molecule has 6 nitrogen and oxygen atoms in total. The van der Waals surface area contributed by atoms with Crippen LogP contribution in [0.2, 0.25) is 0 Å². The van der Waals surface area contributed by atoms with Crippen LogP contribution in [-0.4, -0.2) is 43.7 Å². The number of rotatable bonds is 9. The molecule has 0 radical (unpaired) electrons. The van der Waals surface area contributed by atoms with E-state index in [9.17, 15) is 8.42 Å². The molecule has 0 atom stereocenters. The van der Waals surface area contributed by atoms with Crippen LogP contribution in [0, 0.1) is 6.92 Å². The van der Waals surface area contributed by atoms with Gasteiger partial charge in [0.25, 0.3) is 10.0 Å². The molecule has 0 saturated carbocycles. The van der Waals surface area contributed by atoms with Crippen molar-refractivity contribution >= 4 is 21.8 Å². The van der Waals surface area contributed by atoms with Gasteiger partial charge in [-0.25, -0.2) is 13.1 Å². The second-order valence-corrected chi connectivity index (χ2v) is 6.87. The second kappa shape index (κ2) is 7.88. The van der Waals surface area contributed by atoms with Crippen molar-refractivity contribution in [3.63, 3.8) is 0 Å². The molecule has 1 aromatic rings. The minimum absolute atomic E-state index is 0.106. The summed E-state index contributed by atoms with van der Waals surface area (Å²) in [5, 5.41) is 9.98. The van der Waals surface area contributed by atoms with Gasteiger partial charge in [-0.3, -0.25) is 5.10 Å². The summed E-state index contributed by atoms with van der Waals surface area (Å²) in [5.41, 5.74) is 1.50. The maximum absolute atomic E-state index is 12.1. The lowest BCUT2D eigenvalue weighted by Crippen LogP contribution is -2.28. The fourth-order valence-corrected chi connectivity index (χ4v) is 3.26. The molecule has 1 aromatic heterocycles. The minimum Gasteiger partial charge on any atom is -0.313 e. The van der Waals surface area contributed by atoms with Crippen LogP contribution in [0.15, 0.2) is 5.03 Å². The van der Waals surface area contributed by atoms with Crippen molar-refractivity contribution in [3.8, 4) is 0 Å². The number of nitrogens with zero attached hydrogens (tertiary/aromatic N) is 1. The number of thioether (sulfide) groups is 1. The SMILES string of the molecule is CCCNCc1c(S(=O)(=O)NCCSC)n[nH]c1C. The Labute approximate surface area is 119 Å². The summed E-state index contributed by atoms with van der Waals surface area (Å²) in [5.74, 6) is 0.742. The van der Waals surface area contributed by atoms with Gasteiger partial charge in [-0.1, -0.05) is 6.92 Å². The van der Waals surface area contributed by atoms with E-state index in [4.69, 9.17) is 0 Å². The van der Waals surface area contributed by atoms with Crippen LogP contribution in [0.3, 0.4) is 0 Å². The van der Waals surface area contributed by atoms with Crippen molar-refractivity contribution < 1.29 is 8.42 Å². The Kier molecular flexibility index (Phi) is 6.84. The smallest absolute Gasteiger partial charge is 0.260 e. The van der Waals surface area contributed by atoms with E-state index < -0.39 is 10.0 Å². The van der Waals surface area contributed by atoms with Crippen molar-refractivity contribution in [1.82, 2.24) is 20.2 Å². The maximum atomic E-state index is 12.1. The maximum Gasteiger partial charge on any atom is 0.260 e. The standard InChI is InChI=1S/C11H22N4O2S2/c1-4-5-12-8-10-9(2)14-15-11(10)19(16,17)13-6-7-18-3/h12-13H,4-8H2,1-3H3,(H,14,15). The van der Waals surface area contributed by atoms with Crippen LogP contribution in [0.25, 0.3) is 0 Å². The van der Waals surface area contributed by atoms with Crippen LogP contribution in [0.4, 0.5) is 0 Å². The largest absolute Gasteiger partial charge is 0.313 e. The molecule has 0 fully saturated rings. The Morgan fingerprint density at radius 3 is 2.74 bits per heavy atom. The molecule has 0 amide bonds. The molecular weight excluding hydrogens is 284 g/mol. The van der Waals surface area contributed by atoms with Crippen molar-refractivity contribution in [2.45, 2.75) is 31.8 Å². The third kappa shape index (κ3) is 4.79. The third-order valence-electron chi connectivity index (χ3n) is 2.62. The molecule has 0 aliphatic heterocycles. The van der Waals surface area contributed by atoms with Crippen molar-refractivity contribution in [2.75, 3.05) is 25.1 Å². The number of sulfonamides is 1. The lowest BCUT2D eigenvalue weighted by Gasteiger charge is -2.07. The molecule has 0 aromatic carbocycles. The quantitative estimate of drug-likeness (QED) is 0.589. The Bertz CT molecular complexity index is 485. The van der Waals surface area contributed by atoms with Gasteiger partial charge in [-0.15, -0.1) is 0 Å². The van der Waals surface area contributed by atoms with Crippen molar-refractivity contribution in [1.29, 1.82) is 0 Å². The van der Waals surface area contributed by atoms with Gasteiger partial charge in [0, 0.05) is 30.1 Å². The fourth-order valence-electron chi connectivity index (χ4n) is 1.60. The molecule has 110 valence electrons. The first-order valence-electron chi connectivity index (χ1n) is 6.26. The molecule has 1 rings (SSSR count). The van der Waals surface area contributed by atoms with Crippen LogP contribution >= 0.6 is 11.8 Å². The van der Waals surface area contributed by atoms with Gasteiger partial charge in [0.1, 0.15) is 0 Å². The average Bonchev–Trinajstić information content (AvgIpc) is 2.72. The molecule has 0 saturated heterocycles. The lowest BCUT2D eigenvalue weighted by atomic mass is 10.2. The number of nitrogens with one attached hydrogen (secondary N) is 3. The molecular formula is C11H22N4O2S2. The fraction of sp³-hybridized carbons (Fsp3) is 0.727. The van der Waals surface area contributed by atoms with Crippen LogP contribution in [0.1, 0.15) is 24.6 Å². The number of hydrogen-bond donors (Lipinski definition) is 3. The first kappa shape index (κ1) is 16.5. The number of aromatic amines is 1. The number of aryl methyl sites for hydroxylation is 1. The van der Waals surface area contributed by atoms with E-state index in [-0.39, 0.29) is 5.03 Å². The van der Waals surface area contributed by atoms with E-state index in [2.05, 4.69) is 27.2 Å². The van der Waals surface area contributed by atoms with E-state index in [1.54, 1.807) is 11.8 Å². The van der Waals surface area contributed by atoms with Crippen molar-refractivity contribution in [3.05, 3.63) is 11.3 Å². The van der Waals surface area contributed by atoms with Gasteiger partial charge < -0.3 is 5.32 Å². The first-order valence-corrected chi connectivity index (χ1v) is 9.13. The predicted octanol–water partition coefficient (Wildman–Crippen LogP) is 0.859. The van der Waals surface area contributed by atoms with Gasteiger partial charge in [0.2, 0.25) is 0 Å². The second-order valence-electron chi connectivity index (χ2n) is 4.20. The molecule has 0 spiro atoms. The van der Waals surface area contributed by atoms with Crippen LogP contribution < -0.4 is 10.0 Å².